The van der Waals surface area contributed by atoms with Gasteiger partial charge in [-0.2, -0.15) is 4.41 Å². The molecule has 9 heavy (non-hydrogen) atoms. The lowest BCUT2D eigenvalue weighted by molar-refractivity contribution is 0.305. The average molecular weight is 148 g/mol. The van der Waals surface area contributed by atoms with E-state index >= 15 is 0 Å². The van der Waals surface area contributed by atoms with E-state index in [2.05, 4.69) is 36.9 Å². The van der Waals surface area contributed by atoms with Crippen molar-refractivity contribution in [3.63, 3.8) is 0 Å². The molecule has 0 spiro atoms. The first-order chi connectivity index (χ1) is 4.22. The smallest absolute Gasteiger partial charge is 0.0300 e. The Hall–Kier alpha value is 0.270. The van der Waals surface area contributed by atoms with Crippen LogP contribution in [0.3, 0.4) is 0 Å². The molecule has 0 amide bonds. The van der Waals surface area contributed by atoms with Gasteiger partial charge in [0.1, 0.15) is 0 Å². The number of nitrogens with zero attached hydrogens (tertiary/aromatic N) is 1. The second-order valence-electron chi connectivity index (χ2n) is 2.11. The van der Waals surface area contributed by atoms with E-state index in [9.17, 15) is 0 Å². The molecule has 3 heteroatoms. The number of hydrogen-bond donors (Lipinski definition) is 1. The van der Waals surface area contributed by atoms with Gasteiger partial charge in [-0.1, -0.05) is 18.9 Å². The molecule has 0 aliphatic heterocycles. The molecular weight excluding hydrogens is 132 g/mol. The van der Waals surface area contributed by atoms with Crippen LogP contribution in [0.15, 0.2) is 0 Å². The summed E-state index contributed by atoms with van der Waals surface area (Å²) in [6, 6.07) is 0.569. The van der Waals surface area contributed by atoms with Crippen molar-refractivity contribution in [1.82, 2.24) is 9.84 Å². The van der Waals surface area contributed by atoms with Gasteiger partial charge in [-0.25, -0.2) is 5.43 Å². The fourth-order valence-corrected chi connectivity index (χ4v) is 1.29. The highest BCUT2D eigenvalue weighted by atomic mass is 32.2. The van der Waals surface area contributed by atoms with Crippen molar-refractivity contribution in [2.75, 3.05) is 12.8 Å². The molecule has 0 radical (unpaired) electrons. The van der Waals surface area contributed by atoms with Crippen LogP contribution >= 0.6 is 11.9 Å². The van der Waals surface area contributed by atoms with Crippen LogP contribution < -0.4 is 5.43 Å². The Labute approximate surface area is 62.1 Å². The molecule has 0 saturated heterocycles. The van der Waals surface area contributed by atoms with Crippen LogP contribution in [0.4, 0.5) is 0 Å². The van der Waals surface area contributed by atoms with E-state index in [1.54, 1.807) is 11.9 Å². The van der Waals surface area contributed by atoms with Crippen molar-refractivity contribution in [2.45, 2.75) is 26.8 Å². The van der Waals surface area contributed by atoms with Crippen molar-refractivity contribution in [2.24, 2.45) is 0 Å². The van der Waals surface area contributed by atoms with Crippen LogP contribution in [0.5, 0.6) is 0 Å². The number of nitrogens with one attached hydrogen (secondary N) is 1. The first-order valence-corrected chi connectivity index (χ1v) is 4.47. The van der Waals surface area contributed by atoms with Gasteiger partial charge in [0.05, 0.1) is 0 Å². The third-order valence-electron chi connectivity index (χ3n) is 0.980. The Bertz CT molecular complexity index is 66.1. The maximum atomic E-state index is 3.23. The Morgan fingerprint density at radius 1 is 1.56 bits per heavy atom. The van der Waals surface area contributed by atoms with Gasteiger partial charge in [0, 0.05) is 12.6 Å². The molecule has 0 aliphatic rings. The molecule has 0 aromatic heterocycles. The topological polar surface area (TPSA) is 15.3 Å². The van der Waals surface area contributed by atoms with E-state index in [0.717, 1.165) is 6.54 Å². The van der Waals surface area contributed by atoms with Crippen molar-refractivity contribution in [3.05, 3.63) is 0 Å². The van der Waals surface area contributed by atoms with Crippen LogP contribution in [0, 0.1) is 0 Å². The fraction of sp³-hybridized carbons (Fsp3) is 1.00. The normalized spacial score (nSPS) is 11.3. The predicted octanol–water partition coefficient (Wildman–Crippen LogP) is 1.50. The van der Waals surface area contributed by atoms with Crippen LogP contribution in [-0.2, 0) is 0 Å². The molecule has 2 nitrogen and oxygen atoms in total. The molecule has 0 bridgehead atoms. The maximum Gasteiger partial charge on any atom is 0.0300 e. The Balaban J connectivity index is 3.41. The Morgan fingerprint density at radius 3 is 2.22 bits per heavy atom. The summed E-state index contributed by atoms with van der Waals surface area (Å²) in [5.41, 5.74) is 3.23. The van der Waals surface area contributed by atoms with Crippen LogP contribution in [0.1, 0.15) is 20.8 Å². The fourth-order valence-electron chi connectivity index (χ4n) is 0.614. The molecule has 0 aromatic rings. The predicted molar refractivity (Wildman–Crippen MR) is 44.2 cm³/mol. The van der Waals surface area contributed by atoms with E-state index in [0.29, 0.717) is 6.04 Å². The first-order valence-electron chi connectivity index (χ1n) is 3.29. The zero-order valence-electron chi connectivity index (χ0n) is 6.64. The summed E-state index contributed by atoms with van der Waals surface area (Å²) in [5, 5.41) is 0. The molecule has 0 unspecified atom stereocenters. The molecule has 0 saturated carbocycles. The molecule has 0 aromatic carbocycles. The summed E-state index contributed by atoms with van der Waals surface area (Å²) in [6.07, 6.45) is 2.07. The van der Waals surface area contributed by atoms with E-state index in [-0.39, 0.29) is 0 Å². The lowest BCUT2D eigenvalue weighted by Gasteiger charge is -2.22. The third-order valence-corrected chi connectivity index (χ3v) is 1.92. The van der Waals surface area contributed by atoms with Gasteiger partial charge in [0.15, 0.2) is 0 Å². The third kappa shape index (κ3) is 3.78. The zero-order chi connectivity index (χ0) is 7.28. The summed E-state index contributed by atoms with van der Waals surface area (Å²) < 4.78 is 2.14. The highest BCUT2D eigenvalue weighted by Crippen LogP contribution is 2.04. The monoisotopic (exact) mass is 148 g/mol. The van der Waals surface area contributed by atoms with Crippen molar-refractivity contribution < 1.29 is 0 Å². The van der Waals surface area contributed by atoms with Gasteiger partial charge in [0.25, 0.3) is 0 Å². The molecular formula is C6H16N2S. The second-order valence-corrected chi connectivity index (χ2v) is 2.87. The second kappa shape index (κ2) is 5.09. The van der Waals surface area contributed by atoms with Gasteiger partial charge in [-0.05, 0) is 20.1 Å². The van der Waals surface area contributed by atoms with Crippen molar-refractivity contribution >= 4 is 11.9 Å². The van der Waals surface area contributed by atoms with Gasteiger partial charge in [0.2, 0.25) is 0 Å². The minimum absolute atomic E-state index is 0.569. The summed E-state index contributed by atoms with van der Waals surface area (Å²) in [7, 11) is 0. The first kappa shape index (κ1) is 9.27. The standard InChI is InChI=1S/C6H16N2S/c1-5-7-8(9-4)6(2)3/h6-7H,5H2,1-4H3. The highest BCUT2D eigenvalue weighted by Gasteiger charge is 2.03. The van der Waals surface area contributed by atoms with E-state index in [4.69, 9.17) is 0 Å². The van der Waals surface area contributed by atoms with Gasteiger partial charge in [-0.15, -0.1) is 0 Å². The van der Waals surface area contributed by atoms with Crippen molar-refractivity contribution in [1.29, 1.82) is 0 Å². The maximum absolute atomic E-state index is 3.23. The van der Waals surface area contributed by atoms with Crippen LogP contribution in [0.25, 0.3) is 0 Å². The zero-order valence-corrected chi connectivity index (χ0v) is 7.46. The highest BCUT2D eigenvalue weighted by molar-refractivity contribution is 7.96. The molecule has 0 aliphatic carbocycles. The van der Waals surface area contributed by atoms with Gasteiger partial charge in [-0.3, -0.25) is 0 Å². The lowest BCUT2D eigenvalue weighted by atomic mass is 10.4. The minimum Gasteiger partial charge on any atom is -0.245 e. The van der Waals surface area contributed by atoms with Crippen LogP contribution in [-0.4, -0.2) is 23.3 Å². The minimum atomic E-state index is 0.569. The average Bonchev–Trinajstić information content (AvgIpc) is 1.82. The molecule has 0 atom stereocenters. The number of rotatable bonds is 4. The molecule has 0 heterocycles. The Morgan fingerprint density at radius 2 is 2.11 bits per heavy atom. The summed E-state index contributed by atoms with van der Waals surface area (Å²) in [4.78, 5) is 0. The lowest BCUT2D eigenvalue weighted by Crippen LogP contribution is -2.36. The van der Waals surface area contributed by atoms with Crippen LogP contribution in [0.2, 0.25) is 0 Å². The molecule has 0 rings (SSSR count). The molecule has 56 valence electrons. The SMILES string of the molecule is CCNN(SC)C(C)C. The van der Waals surface area contributed by atoms with E-state index < -0.39 is 0 Å². The molecule has 1 N–H and O–H groups in total. The van der Waals surface area contributed by atoms with Gasteiger partial charge < -0.3 is 0 Å². The Kier molecular flexibility index (Phi) is 5.24. The molecule has 0 fully saturated rings. The van der Waals surface area contributed by atoms with E-state index in [1.165, 1.54) is 0 Å². The summed E-state index contributed by atoms with van der Waals surface area (Å²) >= 11 is 1.72. The summed E-state index contributed by atoms with van der Waals surface area (Å²) in [6.45, 7) is 7.43. The number of hydrogen-bond acceptors (Lipinski definition) is 3. The summed E-state index contributed by atoms with van der Waals surface area (Å²) in [5.74, 6) is 0. The largest absolute Gasteiger partial charge is 0.245 e. The van der Waals surface area contributed by atoms with Crippen molar-refractivity contribution in [3.8, 4) is 0 Å². The quantitative estimate of drug-likeness (QED) is 0.480. The van der Waals surface area contributed by atoms with Gasteiger partial charge >= 0.3 is 0 Å². The number of hydrazine groups is 1. The van der Waals surface area contributed by atoms with E-state index in [1.807, 2.05) is 0 Å².